The first-order valence-electron chi connectivity index (χ1n) is 6.40. The average molecular weight is 266 g/mol. The number of imidazole rings is 1. The highest BCUT2D eigenvalue weighted by atomic mass is 16.5. The molecule has 0 radical (unpaired) electrons. The number of hydrogen-bond acceptors (Lipinski definition) is 3. The van der Waals surface area contributed by atoms with Crippen LogP contribution >= 0.6 is 0 Å². The first-order valence-corrected chi connectivity index (χ1v) is 6.40. The lowest BCUT2D eigenvalue weighted by molar-refractivity contribution is 0.0473. The number of fused-ring (bicyclic) bond motifs is 1. The van der Waals surface area contributed by atoms with Crippen molar-refractivity contribution >= 4 is 17.0 Å². The normalized spacial score (nSPS) is 10.7. The molecule has 0 spiro atoms. The molecule has 2 aromatic carbocycles. The summed E-state index contributed by atoms with van der Waals surface area (Å²) in [7, 11) is 0. The van der Waals surface area contributed by atoms with E-state index in [9.17, 15) is 4.79 Å². The van der Waals surface area contributed by atoms with E-state index in [1.54, 1.807) is 12.1 Å². The summed E-state index contributed by atoms with van der Waals surface area (Å²) in [5.41, 5.74) is 3.19. The molecule has 0 bridgehead atoms. The second-order valence-electron chi connectivity index (χ2n) is 4.62. The van der Waals surface area contributed by atoms with E-state index in [1.807, 2.05) is 43.3 Å². The number of ether oxygens (including phenoxy) is 1. The zero-order chi connectivity index (χ0) is 13.9. The van der Waals surface area contributed by atoms with Gasteiger partial charge in [0.25, 0.3) is 0 Å². The molecule has 0 fully saturated rings. The minimum Gasteiger partial charge on any atom is -0.457 e. The number of carbonyl (C=O) groups excluding carboxylic acids is 1. The zero-order valence-electron chi connectivity index (χ0n) is 11.1. The predicted molar refractivity (Wildman–Crippen MR) is 76.4 cm³/mol. The number of benzene rings is 2. The quantitative estimate of drug-likeness (QED) is 0.740. The van der Waals surface area contributed by atoms with E-state index in [2.05, 4.69) is 9.97 Å². The van der Waals surface area contributed by atoms with Gasteiger partial charge in [-0.25, -0.2) is 9.78 Å². The molecule has 0 saturated heterocycles. The van der Waals surface area contributed by atoms with Gasteiger partial charge in [0.2, 0.25) is 0 Å². The molecule has 0 aliphatic carbocycles. The number of carbonyl (C=O) groups is 1. The van der Waals surface area contributed by atoms with E-state index in [0.29, 0.717) is 5.56 Å². The first kappa shape index (κ1) is 12.4. The summed E-state index contributed by atoms with van der Waals surface area (Å²) in [5.74, 6) is 0.498. The second-order valence-corrected chi connectivity index (χ2v) is 4.62. The van der Waals surface area contributed by atoms with Crippen molar-refractivity contribution in [2.24, 2.45) is 0 Å². The summed E-state index contributed by atoms with van der Waals surface area (Å²) in [6.45, 7) is 2.16. The second kappa shape index (κ2) is 5.17. The number of rotatable bonds is 3. The average Bonchev–Trinajstić information content (AvgIpc) is 2.85. The summed E-state index contributed by atoms with van der Waals surface area (Å²) < 4.78 is 5.30. The number of nitrogens with one attached hydrogen (secondary N) is 1. The monoisotopic (exact) mass is 266 g/mol. The van der Waals surface area contributed by atoms with Gasteiger partial charge < -0.3 is 9.72 Å². The summed E-state index contributed by atoms with van der Waals surface area (Å²) in [4.78, 5) is 19.4. The Balaban J connectivity index is 1.75. The number of nitrogens with zero attached hydrogens (tertiary/aromatic N) is 1. The third-order valence-electron chi connectivity index (χ3n) is 3.05. The number of H-pyrrole nitrogens is 1. The molecule has 20 heavy (non-hydrogen) atoms. The van der Waals surface area contributed by atoms with Crippen molar-refractivity contribution in [2.45, 2.75) is 13.5 Å². The van der Waals surface area contributed by atoms with E-state index in [4.69, 9.17) is 4.74 Å². The van der Waals surface area contributed by atoms with Gasteiger partial charge in [0.05, 0.1) is 16.6 Å². The van der Waals surface area contributed by atoms with Gasteiger partial charge in [-0.2, -0.15) is 0 Å². The SMILES string of the molecule is Cc1nc2ccc(C(=O)OCc3ccccc3)cc2[nH]1. The largest absolute Gasteiger partial charge is 0.457 e. The van der Waals surface area contributed by atoms with Gasteiger partial charge in [0.1, 0.15) is 12.4 Å². The standard InChI is InChI=1S/C16H14N2O2/c1-11-17-14-8-7-13(9-15(14)18-11)16(19)20-10-12-5-3-2-4-6-12/h2-9H,10H2,1H3,(H,17,18). The fraction of sp³-hybridized carbons (Fsp3) is 0.125. The van der Waals surface area contributed by atoms with Gasteiger partial charge >= 0.3 is 5.97 Å². The highest BCUT2D eigenvalue weighted by molar-refractivity contribution is 5.93. The van der Waals surface area contributed by atoms with Crippen LogP contribution in [0, 0.1) is 6.92 Å². The molecule has 0 aliphatic rings. The minimum atomic E-state index is -0.331. The van der Waals surface area contributed by atoms with Gasteiger partial charge in [-0.3, -0.25) is 0 Å². The van der Waals surface area contributed by atoms with E-state index in [-0.39, 0.29) is 12.6 Å². The van der Waals surface area contributed by atoms with Crippen LogP contribution in [0.25, 0.3) is 11.0 Å². The van der Waals surface area contributed by atoms with Gasteiger partial charge in [0.15, 0.2) is 0 Å². The topological polar surface area (TPSA) is 55.0 Å². The van der Waals surface area contributed by atoms with Gasteiger partial charge in [-0.15, -0.1) is 0 Å². The molecule has 4 nitrogen and oxygen atoms in total. The highest BCUT2D eigenvalue weighted by Crippen LogP contribution is 2.15. The maximum absolute atomic E-state index is 12.0. The smallest absolute Gasteiger partial charge is 0.338 e. The molecule has 0 amide bonds. The molecular formula is C16H14N2O2. The molecule has 0 saturated carbocycles. The van der Waals surface area contributed by atoms with Crippen LogP contribution in [0.5, 0.6) is 0 Å². The third kappa shape index (κ3) is 2.54. The van der Waals surface area contributed by atoms with Crippen LogP contribution in [0.3, 0.4) is 0 Å². The van der Waals surface area contributed by atoms with Crippen LogP contribution in [-0.2, 0) is 11.3 Å². The van der Waals surface area contributed by atoms with Crippen molar-refractivity contribution in [1.82, 2.24) is 9.97 Å². The Kier molecular flexibility index (Phi) is 3.21. The van der Waals surface area contributed by atoms with Crippen molar-refractivity contribution in [3.05, 3.63) is 65.5 Å². The van der Waals surface area contributed by atoms with Crippen LogP contribution in [0.4, 0.5) is 0 Å². The molecule has 4 heteroatoms. The molecule has 1 heterocycles. The van der Waals surface area contributed by atoms with Crippen LogP contribution < -0.4 is 0 Å². The molecule has 0 aliphatic heterocycles. The molecule has 1 aromatic heterocycles. The Morgan fingerprint density at radius 2 is 2.00 bits per heavy atom. The molecule has 0 unspecified atom stereocenters. The van der Waals surface area contributed by atoms with Crippen molar-refractivity contribution in [3.63, 3.8) is 0 Å². The van der Waals surface area contributed by atoms with Crippen LogP contribution in [0.15, 0.2) is 48.5 Å². The number of aryl methyl sites for hydroxylation is 1. The molecule has 3 rings (SSSR count). The third-order valence-corrected chi connectivity index (χ3v) is 3.05. The summed E-state index contributed by atoms with van der Waals surface area (Å²) in [6.07, 6.45) is 0. The molecule has 3 aromatic rings. The van der Waals surface area contributed by atoms with E-state index < -0.39 is 0 Å². The van der Waals surface area contributed by atoms with Gasteiger partial charge in [-0.1, -0.05) is 30.3 Å². The Morgan fingerprint density at radius 3 is 2.80 bits per heavy atom. The lowest BCUT2D eigenvalue weighted by atomic mass is 10.2. The van der Waals surface area contributed by atoms with Gasteiger partial charge in [-0.05, 0) is 30.7 Å². The molecule has 100 valence electrons. The van der Waals surface area contributed by atoms with Crippen LogP contribution in [0.1, 0.15) is 21.7 Å². The Morgan fingerprint density at radius 1 is 1.20 bits per heavy atom. The maximum atomic E-state index is 12.0. The Hall–Kier alpha value is -2.62. The van der Waals surface area contributed by atoms with E-state index in [1.165, 1.54) is 0 Å². The molecule has 0 atom stereocenters. The first-order chi connectivity index (χ1) is 9.72. The predicted octanol–water partition coefficient (Wildman–Crippen LogP) is 3.23. The van der Waals surface area contributed by atoms with Crippen molar-refractivity contribution < 1.29 is 9.53 Å². The van der Waals surface area contributed by atoms with Crippen molar-refractivity contribution in [1.29, 1.82) is 0 Å². The van der Waals surface area contributed by atoms with Crippen LogP contribution in [-0.4, -0.2) is 15.9 Å². The number of hydrogen-bond donors (Lipinski definition) is 1. The number of aromatic amines is 1. The van der Waals surface area contributed by atoms with E-state index in [0.717, 1.165) is 22.4 Å². The van der Waals surface area contributed by atoms with Crippen molar-refractivity contribution in [3.8, 4) is 0 Å². The maximum Gasteiger partial charge on any atom is 0.338 e. The number of esters is 1. The summed E-state index contributed by atoms with van der Waals surface area (Å²) in [5, 5.41) is 0. The fourth-order valence-corrected chi connectivity index (χ4v) is 2.07. The zero-order valence-corrected chi connectivity index (χ0v) is 11.1. The molecule has 1 N–H and O–H groups in total. The minimum absolute atomic E-state index is 0.277. The summed E-state index contributed by atoms with van der Waals surface area (Å²) in [6, 6.07) is 14.9. The summed E-state index contributed by atoms with van der Waals surface area (Å²) >= 11 is 0. The fourth-order valence-electron chi connectivity index (χ4n) is 2.07. The lowest BCUT2D eigenvalue weighted by Crippen LogP contribution is -2.05. The Bertz CT molecular complexity index is 748. The highest BCUT2D eigenvalue weighted by Gasteiger charge is 2.09. The molecular weight excluding hydrogens is 252 g/mol. The van der Waals surface area contributed by atoms with Crippen LogP contribution in [0.2, 0.25) is 0 Å². The van der Waals surface area contributed by atoms with E-state index >= 15 is 0 Å². The van der Waals surface area contributed by atoms with Gasteiger partial charge in [0, 0.05) is 0 Å². The van der Waals surface area contributed by atoms with Crippen molar-refractivity contribution in [2.75, 3.05) is 0 Å². The Labute approximate surface area is 116 Å². The lowest BCUT2D eigenvalue weighted by Gasteiger charge is -2.04. The number of aromatic nitrogens is 2.